The van der Waals surface area contributed by atoms with E-state index in [0.29, 0.717) is 0 Å². The number of hydrogen-bond acceptors (Lipinski definition) is 0. The van der Waals surface area contributed by atoms with E-state index in [1.54, 1.807) is 0 Å². The van der Waals surface area contributed by atoms with E-state index in [1.165, 1.54) is 5.56 Å². The summed E-state index contributed by atoms with van der Waals surface area (Å²) in [6, 6.07) is 11.2. The van der Waals surface area contributed by atoms with Crippen LogP contribution in [0.25, 0.3) is 0 Å². The number of rotatable bonds is 1. The molecule has 0 atom stereocenters. The maximum atomic E-state index is 3.12. The Labute approximate surface area is 70.5 Å². The summed E-state index contributed by atoms with van der Waals surface area (Å²) in [5, 5.41) is 0. The number of hydrogen-bond donors (Lipinski definition) is 0. The normalized spacial score (nSPS) is 8.11. The second-order valence-corrected chi connectivity index (χ2v) is 1.74. The van der Waals surface area contributed by atoms with Gasteiger partial charge in [0.2, 0.25) is 0 Å². The fraction of sp³-hybridized carbons (Fsp3) is 0.250. The van der Waals surface area contributed by atoms with Crippen molar-refractivity contribution in [1.29, 1.82) is 0 Å². The van der Waals surface area contributed by atoms with Crippen LogP contribution >= 0.6 is 0 Å². The predicted octanol–water partition coefficient (Wildman–Crippen LogP) is 2.05. The molecule has 0 bridgehead atoms. The molecule has 0 heterocycles. The van der Waals surface area contributed by atoms with Crippen molar-refractivity contribution in [3.63, 3.8) is 0 Å². The molecule has 0 aliphatic rings. The minimum Gasteiger partial charge on any atom is -0.180 e. The first-order valence-electron chi connectivity index (χ1n) is 2.89. The molecule has 48 valence electrons. The van der Waals surface area contributed by atoms with Gasteiger partial charge in [-0.05, 0) is 0 Å². The van der Waals surface area contributed by atoms with E-state index in [0.717, 1.165) is 6.42 Å². The van der Waals surface area contributed by atoms with Crippen LogP contribution in [0, 0.1) is 6.07 Å². The summed E-state index contributed by atoms with van der Waals surface area (Å²) >= 11 is 0. The van der Waals surface area contributed by atoms with E-state index in [-0.39, 0.29) is 21.1 Å². The first-order valence-corrected chi connectivity index (χ1v) is 2.89. The Morgan fingerprint density at radius 1 is 1.44 bits per heavy atom. The van der Waals surface area contributed by atoms with E-state index in [1.807, 2.05) is 18.2 Å². The third-order valence-electron chi connectivity index (χ3n) is 1.15. The molecule has 0 aliphatic carbocycles. The molecule has 0 spiro atoms. The zero-order valence-corrected chi connectivity index (χ0v) is 7.43. The summed E-state index contributed by atoms with van der Waals surface area (Å²) in [6.07, 6.45) is 1.08. The monoisotopic (exact) mass is 203 g/mol. The molecule has 0 unspecified atom stereocenters. The Balaban J connectivity index is 0.000000640. The molecule has 0 aromatic heterocycles. The average molecular weight is 201 g/mol. The van der Waals surface area contributed by atoms with Gasteiger partial charge < -0.3 is 0 Å². The van der Waals surface area contributed by atoms with Gasteiger partial charge in [-0.2, -0.15) is 35.9 Å². The molecule has 1 aromatic carbocycles. The van der Waals surface area contributed by atoms with Crippen molar-refractivity contribution in [2.75, 3.05) is 0 Å². The van der Waals surface area contributed by atoms with Gasteiger partial charge in [0.15, 0.2) is 0 Å². The van der Waals surface area contributed by atoms with Crippen molar-refractivity contribution in [1.82, 2.24) is 0 Å². The predicted molar refractivity (Wildman–Crippen MR) is 34.7 cm³/mol. The molecule has 0 saturated carbocycles. The van der Waals surface area contributed by atoms with Gasteiger partial charge in [0.1, 0.15) is 0 Å². The summed E-state index contributed by atoms with van der Waals surface area (Å²) in [5.41, 5.74) is 1.28. The standard InChI is InChI=1S/C8H9.Mo/c1-2-8-6-4-3-5-7-8;/h3-6H,2H2,1H3;/q-1;. The van der Waals surface area contributed by atoms with Crippen LogP contribution in [0.4, 0.5) is 0 Å². The van der Waals surface area contributed by atoms with E-state index in [2.05, 4.69) is 19.1 Å². The van der Waals surface area contributed by atoms with Crippen LogP contribution in [0.3, 0.4) is 0 Å². The number of aryl methyl sites for hydroxylation is 1. The van der Waals surface area contributed by atoms with E-state index >= 15 is 0 Å². The van der Waals surface area contributed by atoms with Gasteiger partial charge in [0.05, 0.1) is 0 Å². The van der Waals surface area contributed by atoms with Crippen LogP contribution in [0.2, 0.25) is 0 Å². The van der Waals surface area contributed by atoms with Crippen molar-refractivity contribution in [3.8, 4) is 0 Å². The molecule has 0 aliphatic heterocycles. The van der Waals surface area contributed by atoms with E-state index in [9.17, 15) is 0 Å². The SMILES string of the molecule is CCc1[c-]cccc1.[Mo]. The molecule has 0 saturated heterocycles. The van der Waals surface area contributed by atoms with Gasteiger partial charge in [-0.1, -0.05) is 13.3 Å². The van der Waals surface area contributed by atoms with E-state index in [4.69, 9.17) is 0 Å². The van der Waals surface area contributed by atoms with Gasteiger partial charge in [-0.3, -0.25) is 0 Å². The summed E-state index contributed by atoms with van der Waals surface area (Å²) in [6.45, 7) is 2.13. The van der Waals surface area contributed by atoms with Gasteiger partial charge in [0.25, 0.3) is 0 Å². The van der Waals surface area contributed by atoms with Gasteiger partial charge >= 0.3 is 0 Å². The Bertz CT molecular complexity index is 146. The third-order valence-corrected chi connectivity index (χ3v) is 1.15. The molecule has 0 amide bonds. The Hall–Kier alpha value is -0.0917. The van der Waals surface area contributed by atoms with Crippen LogP contribution in [-0.2, 0) is 27.5 Å². The van der Waals surface area contributed by atoms with Crippen molar-refractivity contribution in [3.05, 3.63) is 35.9 Å². The molecular formula is C8H9Mo-. The van der Waals surface area contributed by atoms with Gasteiger partial charge in [-0.15, -0.1) is 0 Å². The molecule has 9 heavy (non-hydrogen) atoms. The van der Waals surface area contributed by atoms with Crippen LogP contribution in [-0.4, -0.2) is 0 Å². The summed E-state index contributed by atoms with van der Waals surface area (Å²) in [5.74, 6) is 0. The maximum absolute atomic E-state index is 3.12. The first-order chi connectivity index (χ1) is 3.93. The quantitative estimate of drug-likeness (QED) is 0.481. The average Bonchev–Trinajstić information content (AvgIpc) is 1.90. The molecule has 1 heteroatoms. The molecule has 1 aromatic rings. The van der Waals surface area contributed by atoms with Crippen molar-refractivity contribution in [2.45, 2.75) is 13.3 Å². The summed E-state index contributed by atoms with van der Waals surface area (Å²) in [7, 11) is 0. The topological polar surface area (TPSA) is 0 Å². The third kappa shape index (κ3) is 2.81. The van der Waals surface area contributed by atoms with Crippen LogP contribution in [0.1, 0.15) is 12.5 Å². The van der Waals surface area contributed by atoms with Crippen molar-refractivity contribution >= 4 is 0 Å². The minimum atomic E-state index is 0. The molecule has 1 rings (SSSR count). The molecule has 0 N–H and O–H groups in total. The smallest absolute Gasteiger partial charge is 0 e. The fourth-order valence-corrected chi connectivity index (χ4v) is 0.650. The first kappa shape index (κ1) is 8.91. The van der Waals surface area contributed by atoms with E-state index < -0.39 is 0 Å². The van der Waals surface area contributed by atoms with Crippen LogP contribution in [0.5, 0.6) is 0 Å². The zero-order valence-electron chi connectivity index (χ0n) is 5.42. The Morgan fingerprint density at radius 2 is 2.22 bits per heavy atom. The summed E-state index contributed by atoms with van der Waals surface area (Å²) < 4.78 is 0. The largest absolute Gasteiger partial charge is 0.180 e. The number of benzene rings is 1. The summed E-state index contributed by atoms with van der Waals surface area (Å²) in [4.78, 5) is 0. The van der Waals surface area contributed by atoms with Crippen LogP contribution < -0.4 is 0 Å². The Kier molecular flexibility index (Phi) is 4.71. The van der Waals surface area contributed by atoms with Crippen molar-refractivity contribution < 1.29 is 21.1 Å². The van der Waals surface area contributed by atoms with Gasteiger partial charge in [-0.25, -0.2) is 0 Å². The maximum Gasteiger partial charge on any atom is 0 e. The molecular weight excluding hydrogens is 192 g/mol. The molecule has 0 nitrogen and oxygen atoms in total. The molecule has 0 fully saturated rings. The zero-order chi connectivity index (χ0) is 5.82. The second kappa shape index (κ2) is 4.76. The van der Waals surface area contributed by atoms with Crippen molar-refractivity contribution in [2.24, 2.45) is 0 Å². The van der Waals surface area contributed by atoms with Crippen LogP contribution in [0.15, 0.2) is 24.3 Å². The second-order valence-electron chi connectivity index (χ2n) is 1.74. The fourth-order valence-electron chi connectivity index (χ4n) is 0.650. The van der Waals surface area contributed by atoms with Gasteiger partial charge in [0, 0.05) is 21.1 Å². The molecule has 0 radical (unpaired) electrons. The Morgan fingerprint density at radius 3 is 2.56 bits per heavy atom. The minimum absolute atomic E-state index is 0.